The Kier molecular flexibility index (Phi) is 14.3. The van der Waals surface area contributed by atoms with Crippen molar-refractivity contribution < 1.29 is 19.5 Å². The number of hydrogen-bond donors (Lipinski definition) is 5. The molecule has 0 aliphatic rings. The summed E-state index contributed by atoms with van der Waals surface area (Å²) >= 11 is 0. The van der Waals surface area contributed by atoms with Crippen molar-refractivity contribution in [3.8, 4) is 0 Å². The molecule has 24 heavy (non-hydrogen) atoms. The van der Waals surface area contributed by atoms with E-state index in [0.717, 1.165) is 6.42 Å². The number of carboxylic acid groups (broad SMARTS) is 1. The fourth-order valence-corrected chi connectivity index (χ4v) is 1.85. The molecule has 0 heterocycles. The van der Waals surface area contributed by atoms with E-state index in [-0.39, 0.29) is 18.3 Å². The zero-order chi connectivity index (χ0) is 17.8. The van der Waals surface area contributed by atoms with Crippen LogP contribution in [0.5, 0.6) is 0 Å². The molecule has 0 aliphatic heterocycles. The molecule has 3 amide bonds. The first kappa shape index (κ1) is 24.7. The van der Waals surface area contributed by atoms with E-state index in [1.54, 1.807) is 6.92 Å². The van der Waals surface area contributed by atoms with Gasteiger partial charge in [0.25, 0.3) is 0 Å². The van der Waals surface area contributed by atoms with Gasteiger partial charge >= 0.3 is 12.0 Å². The van der Waals surface area contributed by atoms with Gasteiger partial charge in [-0.15, -0.1) is 12.4 Å². The van der Waals surface area contributed by atoms with Crippen LogP contribution in [0.25, 0.3) is 0 Å². The molecule has 0 rings (SSSR count). The lowest BCUT2D eigenvalue weighted by atomic mass is 10.1. The zero-order valence-electron chi connectivity index (χ0n) is 14.6. The highest BCUT2D eigenvalue weighted by Gasteiger charge is 2.21. The van der Waals surface area contributed by atoms with E-state index in [1.165, 1.54) is 0 Å². The molecule has 0 saturated heterocycles. The number of nitrogens with two attached hydrogens (primary N) is 1. The monoisotopic (exact) mass is 366 g/mol. The summed E-state index contributed by atoms with van der Waals surface area (Å²) in [5, 5.41) is 16.6. The van der Waals surface area contributed by atoms with Crippen LogP contribution in [0.4, 0.5) is 4.79 Å². The van der Waals surface area contributed by atoms with Crippen LogP contribution in [0.1, 0.15) is 46.5 Å². The van der Waals surface area contributed by atoms with E-state index in [4.69, 9.17) is 10.8 Å². The van der Waals surface area contributed by atoms with Gasteiger partial charge in [-0.2, -0.15) is 0 Å². The Morgan fingerprint density at radius 1 is 1.04 bits per heavy atom. The third-order valence-electron chi connectivity index (χ3n) is 3.31. The standard InChI is InChI=1S/C15H30N4O4.ClH/c1-10(2)7-9-17-13(20)11(3)18-15(23)19-12(14(21)22)6-4-5-8-16;/h10-12H,4-9,16H2,1-3H3,(H,17,20)(H,21,22)(H2,18,19,23);1H/t11-,12+;/m1./s1. The van der Waals surface area contributed by atoms with E-state index in [9.17, 15) is 14.4 Å². The second-order valence-electron chi connectivity index (χ2n) is 5.99. The highest BCUT2D eigenvalue weighted by atomic mass is 35.5. The van der Waals surface area contributed by atoms with Crippen molar-refractivity contribution >= 4 is 30.3 Å². The van der Waals surface area contributed by atoms with Crippen LogP contribution in [0.2, 0.25) is 0 Å². The minimum atomic E-state index is -1.11. The molecule has 2 atom stereocenters. The van der Waals surface area contributed by atoms with E-state index in [0.29, 0.717) is 38.3 Å². The number of nitrogens with one attached hydrogen (secondary N) is 3. The molecule has 0 unspecified atom stereocenters. The Morgan fingerprint density at radius 2 is 1.67 bits per heavy atom. The molecule has 0 aromatic carbocycles. The summed E-state index contributed by atoms with van der Waals surface area (Å²) in [5.41, 5.74) is 5.36. The molecule has 142 valence electrons. The maximum absolute atomic E-state index is 11.8. The molecule has 0 saturated carbocycles. The molecular weight excluding hydrogens is 336 g/mol. The van der Waals surface area contributed by atoms with Gasteiger partial charge < -0.3 is 26.8 Å². The van der Waals surface area contributed by atoms with Crippen LogP contribution in [-0.2, 0) is 9.59 Å². The number of rotatable bonds is 11. The largest absolute Gasteiger partial charge is 0.480 e. The number of amides is 3. The van der Waals surface area contributed by atoms with Crippen molar-refractivity contribution in [2.45, 2.75) is 58.5 Å². The predicted octanol–water partition coefficient (Wildman–Crippen LogP) is 0.840. The van der Waals surface area contributed by atoms with Crippen molar-refractivity contribution in [1.82, 2.24) is 16.0 Å². The van der Waals surface area contributed by atoms with E-state index in [1.807, 2.05) is 0 Å². The third kappa shape index (κ3) is 12.0. The summed E-state index contributed by atoms with van der Waals surface area (Å²) in [6.45, 7) is 6.68. The number of aliphatic carboxylic acids is 1. The van der Waals surface area contributed by atoms with Crippen LogP contribution < -0.4 is 21.7 Å². The fraction of sp³-hybridized carbons (Fsp3) is 0.800. The number of carbonyl (C=O) groups is 3. The van der Waals surface area contributed by atoms with E-state index >= 15 is 0 Å². The van der Waals surface area contributed by atoms with Crippen molar-refractivity contribution in [3.63, 3.8) is 0 Å². The second-order valence-corrected chi connectivity index (χ2v) is 5.99. The Bertz CT molecular complexity index is 394. The van der Waals surface area contributed by atoms with Crippen molar-refractivity contribution in [3.05, 3.63) is 0 Å². The van der Waals surface area contributed by atoms with Gasteiger partial charge in [0, 0.05) is 6.54 Å². The van der Waals surface area contributed by atoms with Crippen molar-refractivity contribution in [2.24, 2.45) is 11.7 Å². The zero-order valence-corrected chi connectivity index (χ0v) is 15.4. The number of carbonyl (C=O) groups excluding carboxylic acids is 2. The summed E-state index contributed by atoms with van der Waals surface area (Å²) in [6.07, 6.45) is 2.46. The van der Waals surface area contributed by atoms with Crippen LogP contribution in [0.3, 0.4) is 0 Å². The highest BCUT2D eigenvalue weighted by Crippen LogP contribution is 2.01. The number of urea groups is 1. The average molecular weight is 367 g/mol. The second kappa shape index (κ2) is 13.9. The summed E-state index contributed by atoms with van der Waals surface area (Å²) < 4.78 is 0. The Morgan fingerprint density at radius 3 is 2.17 bits per heavy atom. The minimum absolute atomic E-state index is 0. The summed E-state index contributed by atoms with van der Waals surface area (Å²) in [7, 11) is 0. The molecule has 0 aromatic rings. The first-order valence-electron chi connectivity index (χ1n) is 8.05. The number of carboxylic acids is 1. The minimum Gasteiger partial charge on any atom is -0.480 e. The molecule has 0 bridgehead atoms. The molecule has 0 aromatic heterocycles. The maximum Gasteiger partial charge on any atom is 0.326 e. The lowest BCUT2D eigenvalue weighted by molar-refractivity contribution is -0.139. The predicted molar refractivity (Wildman–Crippen MR) is 95.2 cm³/mol. The smallest absolute Gasteiger partial charge is 0.326 e. The third-order valence-corrected chi connectivity index (χ3v) is 3.31. The molecule has 0 spiro atoms. The Balaban J connectivity index is 0. The van der Waals surface area contributed by atoms with Gasteiger partial charge in [-0.05, 0) is 45.1 Å². The van der Waals surface area contributed by atoms with Crippen LogP contribution in [0.15, 0.2) is 0 Å². The normalized spacial score (nSPS) is 12.7. The number of unbranched alkanes of at least 4 members (excludes halogenated alkanes) is 1. The molecular formula is C15H31ClN4O4. The number of hydrogen-bond acceptors (Lipinski definition) is 4. The SMILES string of the molecule is CC(C)CCNC(=O)[C@@H](C)NC(=O)N[C@@H](CCCCN)C(=O)O.Cl. The van der Waals surface area contributed by atoms with Gasteiger partial charge in [0.15, 0.2) is 0 Å². The van der Waals surface area contributed by atoms with E-state index in [2.05, 4.69) is 29.8 Å². The van der Waals surface area contributed by atoms with Gasteiger partial charge in [0.05, 0.1) is 0 Å². The lowest BCUT2D eigenvalue weighted by Gasteiger charge is -2.18. The maximum atomic E-state index is 11.8. The topological polar surface area (TPSA) is 134 Å². The first-order chi connectivity index (χ1) is 10.8. The van der Waals surface area contributed by atoms with Gasteiger partial charge in [-0.1, -0.05) is 13.8 Å². The quantitative estimate of drug-likeness (QED) is 0.345. The van der Waals surface area contributed by atoms with Crippen LogP contribution >= 0.6 is 12.4 Å². The first-order valence-corrected chi connectivity index (χ1v) is 8.05. The highest BCUT2D eigenvalue weighted by molar-refractivity contribution is 5.88. The average Bonchev–Trinajstić information content (AvgIpc) is 2.45. The molecule has 8 nitrogen and oxygen atoms in total. The van der Waals surface area contributed by atoms with Gasteiger partial charge in [-0.3, -0.25) is 4.79 Å². The summed E-state index contributed by atoms with van der Waals surface area (Å²) in [4.78, 5) is 34.7. The molecule has 0 aliphatic carbocycles. The molecule has 9 heteroatoms. The van der Waals surface area contributed by atoms with Crippen LogP contribution in [-0.4, -0.2) is 48.2 Å². The number of halogens is 1. The fourth-order valence-electron chi connectivity index (χ4n) is 1.85. The molecule has 0 fully saturated rings. The molecule has 0 radical (unpaired) electrons. The lowest BCUT2D eigenvalue weighted by Crippen LogP contribution is -2.52. The van der Waals surface area contributed by atoms with Gasteiger partial charge in [0.1, 0.15) is 12.1 Å². The Hall–Kier alpha value is -1.54. The van der Waals surface area contributed by atoms with Gasteiger partial charge in [-0.25, -0.2) is 9.59 Å². The summed E-state index contributed by atoms with van der Waals surface area (Å²) in [6, 6.07) is -2.39. The van der Waals surface area contributed by atoms with Crippen molar-refractivity contribution in [1.29, 1.82) is 0 Å². The van der Waals surface area contributed by atoms with Gasteiger partial charge in [0.2, 0.25) is 5.91 Å². The van der Waals surface area contributed by atoms with Crippen LogP contribution in [0, 0.1) is 5.92 Å². The summed E-state index contributed by atoms with van der Waals surface area (Å²) in [5.74, 6) is -0.922. The molecule has 6 N–H and O–H groups in total. The Labute approximate surface area is 149 Å². The van der Waals surface area contributed by atoms with E-state index < -0.39 is 24.1 Å². The van der Waals surface area contributed by atoms with Crippen molar-refractivity contribution in [2.75, 3.05) is 13.1 Å².